The van der Waals surface area contributed by atoms with Crippen LogP contribution in [0.2, 0.25) is 0 Å². The molecule has 1 fully saturated rings. The lowest BCUT2D eigenvalue weighted by Crippen LogP contribution is -2.37. The van der Waals surface area contributed by atoms with Crippen LogP contribution in [0.1, 0.15) is 28.6 Å². The van der Waals surface area contributed by atoms with Gasteiger partial charge in [-0.05, 0) is 12.3 Å². The van der Waals surface area contributed by atoms with Crippen LogP contribution >= 0.6 is 0 Å². The molecule has 2 aromatic rings. The first kappa shape index (κ1) is 16.3. The number of hydrogen-bond acceptors (Lipinski definition) is 5. The van der Waals surface area contributed by atoms with Gasteiger partial charge in [-0.15, -0.1) is 0 Å². The second-order valence-corrected chi connectivity index (χ2v) is 6.85. The molecule has 0 bridgehead atoms. The zero-order valence-corrected chi connectivity index (χ0v) is 14.5. The van der Waals surface area contributed by atoms with E-state index >= 15 is 0 Å². The topological polar surface area (TPSA) is 77.2 Å². The first-order valence-electron chi connectivity index (χ1n) is 8.79. The Morgan fingerprint density at radius 3 is 3.12 bits per heavy atom. The van der Waals surface area contributed by atoms with E-state index in [-0.39, 0.29) is 5.91 Å². The van der Waals surface area contributed by atoms with Crippen molar-refractivity contribution < 1.29 is 9.53 Å². The summed E-state index contributed by atoms with van der Waals surface area (Å²) in [5, 5.41) is 2.89. The summed E-state index contributed by atoms with van der Waals surface area (Å²) in [4.78, 5) is 23.4. The molecule has 1 N–H and O–H groups in total. The quantitative estimate of drug-likeness (QED) is 0.850. The molecule has 2 aromatic heterocycles. The molecule has 134 valence electrons. The van der Waals surface area contributed by atoms with Crippen LogP contribution in [-0.2, 0) is 31.4 Å². The number of aromatic nitrogens is 4. The van der Waals surface area contributed by atoms with E-state index in [1.54, 1.807) is 24.0 Å². The summed E-state index contributed by atoms with van der Waals surface area (Å²) in [6, 6.07) is 0. The second kappa shape index (κ2) is 6.97. The van der Waals surface area contributed by atoms with E-state index in [1.165, 1.54) is 0 Å². The Labute approximate surface area is 146 Å². The average molecular weight is 344 g/mol. The van der Waals surface area contributed by atoms with E-state index < -0.39 is 0 Å². The van der Waals surface area contributed by atoms with Gasteiger partial charge in [0.05, 0.1) is 25.4 Å². The van der Waals surface area contributed by atoms with E-state index in [0.717, 1.165) is 57.3 Å². The van der Waals surface area contributed by atoms with Gasteiger partial charge in [0.1, 0.15) is 5.82 Å². The fraction of sp³-hybridized carbons (Fsp3) is 0.588. The van der Waals surface area contributed by atoms with Crippen molar-refractivity contribution in [1.29, 1.82) is 0 Å². The van der Waals surface area contributed by atoms with Gasteiger partial charge in [-0.2, -0.15) is 0 Å². The van der Waals surface area contributed by atoms with E-state index in [1.807, 2.05) is 6.20 Å². The molecule has 25 heavy (non-hydrogen) atoms. The fourth-order valence-electron chi connectivity index (χ4n) is 3.53. The number of carbonyl (C=O) groups excluding carboxylic acids is 1. The minimum Gasteiger partial charge on any atom is -0.381 e. The number of rotatable bonds is 5. The smallest absolute Gasteiger partial charge is 0.287 e. The van der Waals surface area contributed by atoms with Gasteiger partial charge >= 0.3 is 0 Å². The number of imidazole rings is 2. The van der Waals surface area contributed by atoms with Crippen molar-refractivity contribution in [3.05, 3.63) is 35.9 Å². The van der Waals surface area contributed by atoms with Gasteiger partial charge < -0.3 is 19.2 Å². The van der Waals surface area contributed by atoms with Crippen LogP contribution in [0, 0.1) is 5.92 Å². The SMILES string of the molecule is Cn1ccnc1C(=O)NCc1cn2c(n1)CN(CC1CCOC1)CC2. The van der Waals surface area contributed by atoms with Crippen molar-refractivity contribution in [3.63, 3.8) is 0 Å². The molecule has 0 aromatic carbocycles. The molecule has 1 amide bonds. The minimum atomic E-state index is -0.179. The number of nitrogens with zero attached hydrogens (tertiary/aromatic N) is 5. The number of fused-ring (bicyclic) bond motifs is 1. The summed E-state index contributed by atoms with van der Waals surface area (Å²) in [7, 11) is 1.81. The monoisotopic (exact) mass is 344 g/mol. The summed E-state index contributed by atoms with van der Waals surface area (Å²) in [6.45, 7) is 6.13. The predicted molar refractivity (Wildman–Crippen MR) is 90.8 cm³/mol. The van der Waals surface area contributed by atoms with Crippen LogP contribution in [0.4, 0.5) is 0 Å². The zero-order valence-electron chi connectivity index (χ0n) is 14.5. The largest absolute Gasteiger partial charge is 0.381 e. The lowest BCUT2D eigenvalue weighted by molar-refractivity contribution is 0.0937. The highest BCUT2D eigenvalue weighted by Gasteiger charge is 2.23. The van der Waals surface area contributed by atoms with Gasteiger partial charge in [-0.1, -0.05) is 0 Å². The Kier molecular flexibility index (Phi) is 4.54. The third-order valence-electron chi connectivity index (χ3n) is 4.93. The molecule has 2 aliphatic heterocycles. The maximum Gasteiger partial charge on any atom is 0.287 e. The van der Waals surface area contributed by atoms with Gasteiger partial charge in [0.2, 0.25) is 0 Å². The van der Waals surface area contributed by atoms with E-state index in [4.69, 9.17) is 9.72 Å². The molecule has 4 rings (SSSR count). The molecular weight excluding hydrogens is 320 g/mol. The Balaban J connectivity index is 1.34. The molecule has 0 saturated carbocycles. The molecular formula is C17H24N6O2. The third-order valence-corrected chi connectivity index (χ3v) is 4.93. The van der Waals surface area contributed by atoms with Crippen LogP contribution < -0.4 is 5.32 Å². The third kappa shape index (κ3) is 3.59. The van der Waals surface area contributed by atoms with E-state index in [0.29, 0.717) is 18.3 Å². The van der Waals surface area contributed by atoms with Gasteiger partial charge in [0, 0.05) is 51.9 Å². The van der Waals surface area contributed by atoms with Crippen molar-refractivity contribution in [1.82, 2.24) is 29.3 Å². The number of ether oxygens (including phenoxy) is 1. The highest BCUT2D eigenvalue weighted by atomic mass is 16.5. The summed E-state index contributed by atoms with van der Waals surface area (Å²) in [6.07, 6.45) is 6.59. The summed E-state index contributed by atoms with van der Waals surface area (Å²) in [5.74, 6) is 1.96. The van der Waals surface area contributed by atoms with Gasteiger partial charge in [0.25, 0.3) is 5.91 Å². The minimum absolute atomic E-state index is 0.179. The Bertz CT molecular complexity index is 746. The Morgan fingerprint density at radius 1 is 1.44 bits per heavy atom. The van der Waals surface area contributed by atoms with Crippen LogP contribution in [0.15, 0.2) is 18.6 Å². The maximum atomic E-state index is 12.1. The van der Waals surface area contributed by atoms with Crippen LogP contribution in [0.5, 0.6) is 0 Å². The Morgan fingerprint density at radius 2 is 2.36 bits per heavy atom. The summed E-state index contributed by atoms with van der Waals surface area (Å²) in [5.41, 5.74) is 0.892. The average Bonchev–Trinajstić information content (AvgIpc) is 3.33. The van der Waals surface area contributed by atoms with Crippen molar-refractivity contribution in [3.8, 4) is 0 Å². The molecule has 1 unspecified atom stereocenters. The second-order valence-electron chi connectivity index (χ2n) is 6.85. The lowest BCUT2D eigenvalue weighted by Gasteiger charge is -2.29. The standard InChI is InChI=1S/C17H24N6O2/c1-21-4-3-18-16(21)17(24)19-8-14-10-23-6-5-22(11-15(23)20-14)9-13-2-7-25-12-13/h3-4,10,13H,2,5-9,11-12H2,1H3,(H,19,24). The number of amides is 1. The predicted octanol–water partition coefficient (Wildman–Crippen LogP) is 0.399. The molecule has 1 saturated heterocycles. The highest BCUT2D eigenvalue weighted by molar-refractivity contribution is 5.90. The maximum absolute atomic E-state index is 12.1. The fourth-order valence-corrected chi connectivity index (χ4v) is 3.53. The van der Waals surface area contributed by atoms with Crippen molar-refractivity contribution >= 4 is 5.91 Å². The van der Waals surface area contributed by atoms with Crippen LogP contribution in [0.3, 0.4) is 0 Å². The van der Waals surface area contributed by atoms with Crippen molar-refractivity contribution in [2.24, 2.45) is 13.0 Å². The highest BCUT2D eigenvalue weighted by Crippen LogP contribution is 2.18. The molecule has 2 aliphatic rings. The number of carbonyl (C=O) groups is 1. The Hall–Kier alpha value is -2.19. The van der Waals surface area contributed by atoms with Crippen molar-refractivity contribution in [2.45, 2.75) is 26.1 Å². The molecule has 8 nitrogen and oxygen atoms in total. The van der Waals surface area contributed by atoms with Crippen LogP contribution in [-0.4, -0.2) is 56.2 Å². The zero-order chi connectivity index (χ0) is 17.2. The molecule has 0 spiro atoms. The molecule has 4 heterocycles. The normalized spacial score (nSPS) is 20.6. The lowest BCUT2D eigenvalue weighted by atomic mass is 10.1. The molecule has 1 atom stereocenters. The van der Waals surface area contributed by atoms with E-state index in [9.17, 15) is 4.79 Å². The summed E-state index contributed by atoms with van der Waals surface area (Å²) >= 11 is 0. The van der Waals surface area contributed by atoms with E-state index in [2.05, 4.69) is 19.8 Å². The molecule has 0 radical (unpaired) electrons. The first-order chi connectivity index (χ1) is 12.2. The number of aryl methyl sites for hydroxylation is 1. The number of nitrogens with one attached hydrogen (secondary N) is 1. The van der Waals surface area contributed by atoms with Gasteiger partial charge in [-0.3, -0.25) is 9.69 Å². The van der Waals surface area contributed by atoms with Crippen molar-refractivity contribution in [2.75, 3.05) is 26.3 Å². The van der Waals surface area contributed by atoms with Gasteiger partial charge in [0.15, 0.2) is 5.82 Å². The number of hydrogen-bond donors (Lipinski definition) is 1. The molecule has 8 heteroatoms. The molecule has 0 aliphatic carbocycles. The van der Waals surface area contributed by atoms with Gasteiger partial charge in [-0.25, -0.2) is 9.97 Å². The van der Waals surface area contributed by atoms with Crippen LogP contribution in [0.25, 0.3) is 0 Å². The first-order valence-corrected chi connectivity index (χ1v) is 8.79. The summed E-state index contributed by atoms with van der Waals surface area (Å²) < 4.78 is 9.38.